The van der Waals surface area contributed by atoms with Crippen LogP contribution < -0.4 is 5.32 Å². The van der Waals surface area contributed by atoms with Gasteiger partial charge in [0.15, 0.2) is 0 Å². The standard InChI is InChI=1S/C17H21NO7/c1-5-23-14(20)12(15(21)25-17(2,3)4)18-16(22)24-13(19)11-9-7-6-8-10-11/h6-10,12H,5H2,1-4H3,(H,18,22). The second-order valence-electron chi connectivity index (χ2n) is 5.91. The van der Waals surface area contributed by atoms with Crippen LogP contribution in [0.25, 0.3) is 0 Å². The highest BCUT2D eigenvalue weighted by molar-refractivity contribution is 6.03. The van der Waals surface area contributed by atoms with Gasteiger partial charge in [0.1, 0.15) is 5.60 Å². The monoisotopic (exact) mass is 351 g/mol. The predicted molar refractivity (Wildman–Crippen MR) is 86.7 cm³/mol. The first-order valence-electron chi connectivity index (χ1n) is 7.61. The summed E-state index contributed by atoms with van der Waals surface area (Å²) in [6.07, 6.45) is -1.27. The van der Waals surface area contributed by atoms with Crippen LogP contribution in [0.15, 0.2) is 30.3 Å². The Bertz CT molecular complexity index is 634. The van der Waals surface area contributed by atoms with Crippen molar-refractivity contribution >= 4 is 24.0 Å². The van der Waals surface area contributed by atoms with Gasteiger partial charge < -0.3 is 14.2 Å². The van der Waals surface area contributed by atoms with E-state index >= 15 is 0 Å². The molecule has 0 aliphatic heterocycles. The largest absolute Gasteiger partial charge is 0.464 e. The van der Waals surface area contributed by atoms with E-state index in [-0.39, 0.29) is 12.2 Å². The molecular weight excluding hydrogens is 330 g/mol. The van der Waals surface area contributed by atoms with Crippen LogP contribution in [0.2, 0.25) is 0 Å². The number of alkyl carbamates (subject to hydrolysis) is 1. The van der Waals surface area contributed by atoms with Crippen molar-refractivity contribution in [3.63, 3.8) is 0 Å². The van der Waals surface area contributed by atoms with Gasteiger partial charge in [0, 0.05) is 0 Å². The first-order chi connectivity index (χ1) is 11.6. The number of hydrogen-bond acceptors (Lipinski definition) is 7. The van der Waals surface area contributed by atoms with Crippen LogP contribution in [0.1, 0.15) is 38.1 Å². The molecule has 8 heteroatoms. The Morgan fingerprint density at radius 1 is 1.04 bits per heavy atom. The maximum absolute atomic E-state index is 12.1. The fourth-order valence-corrected chi connectivity index (χ4v) is 1.67. The number of rotatable bonds is 5. The summed E-state index contributed by atoms with van der Waals surface area (Å²) >= 11 is 0. The maximum atomic E-state index is 12.1. The lowest BCUT2D eigenvalue weighted by Crippen LogP contribution is -2.50. The van der Waals surface area contributed by atoms with Crippen molar-refractivity contribution in [1.82, 2.24) is 5.32 Å². The SMILES string of the molecule is CCOC(=O)C(NC(=O)OC(=O)c1ccccc1)C(=O)OC(C)(C)C. The zero-order valence-electron chi connectivity index (χ0n) is 14.5. The second kappa shape index (κ2) is 8.81. The molecule has 1 atom stereocenters. The highest BCUT2D eigenvalue weighted by Crippen LogP contribution is 2.10. The molecular formula is C17H21NO7. The zero-order chi connectivity index (χ0) is 19.0. The summed E-state index contributed by atoms with van der Waals surface area (Å²) in [5.74, 6) is -2.96. The van der Waals surface area contributed by atoms with Gasteiger partial charge >= 0.3 is 24.0 Å². The molecule has 0 bridgehead atoms. The third kappa shape index (κ3) is 7.03. The van der Waals surface area contributed by atoms with Gasteiger partial charge in [0.05, 0.1) is 12.2 Å². The van der Waals surface area contributed by atoms with Crippen molar-refractivity contribution in [2.75, 3.05) is 6.61 Å². The molecule has 25 heavy (non-hydrogen) atoms. The van der Waals surface area contributed by atoms with Crippen LogP contribution in [0.4, 0.5) is 4.79 Å². The summed E-state index contributed by atoms with van der Waals surface area (Å²) in [5, 5.41) is 1.99. The summed E-state index contributed by atoms with van der Waals surface area (Å²) in [7, 11) is 0. The number of amides is 1. The van der Waals surface area contributed by atoms with Gasteiger partial charge in [-0.15, -0.1) is 0 Å². The molecule has 0 aromatic heterocycles. The molecule has 0 spiro atoms. The molecule has 0 heterocycles. The Morgan fingerprint density at radius 3 is 2.16 bits per heavy atom. The van der Waals surface area contributed by atoms with Crippen molar-refractivity contribution in [2.45, 2.75) is 39.3 Å². The van der Waals surface area contributed by atoms with Crippen LogP contribution in [-0.4, -0.2) is 42.3 Å². The van der Waals surface area contributed by atoms with Crippen molar-refractivity contribution in [3.05, 3.63) is 35.9 Å². The van der Waals surface area contributed by atoms with E-state index in [0.717, 1.165) is 0 Å². The Kier molecular flexibility index (Phi) is 7.10. The van der Waals surface area contributed by atoms with E-state index in [9.17, 15) is 19.2 Å². The van der Waals surface area contributed by atoms with Crippen LogP contribution in [-0.2, 0) is 23.8 Å². The van der Waals surface area contributed by atoms with E-state index in [1.807, 2.05) is 5.32 Å². The molecule has 0 fully saturated rings. The molecule has 1 unspecified atom stereocenters. The van der Waals surface area contributed by atoms with Gasteiger partial charge in [-0.1, -0.05) is 18.2 Å². The number of hydrogen-bond donors (Lipinski definition) is 1. The van der Waals surface area contributed by atoms with Gasteiger partial charge in [0.2, 0.25) is 6.04 Å². The van der Waals surface area contributed by atoms with Gasteiger partial charge in [0.25, 0.3) is 0 Å². The molecule has 1 aromatic rings. The number of esters is 3. The van der Waals surface area contributed by atoms with E-state index in [0.29, 0.717) is 0 Å². The molecule has 0 aliphatic rings. The Balaban J connectivity index is 2.79. The minimum absolute atomic E-state index is 0.00218. The lowest BCUT2D eigenvalue weighted by Gasteiger charge is -2.23. The molecule has 1 N–H and O–H groups in total. The number of carbonyl (C=O) groups is 4. The van der Waals surface area contributed by atoms with Gasteiger partial charge in [-0.05, 0) is 39.8 Å². The van der Waals surface area contributed by atoms with E-state index < -0.39 is 35.6 Å². The maximum Gasteiger partial charge on any atom is 0.416 e. The van der Waals surface area contributed by atoms with Crippen molar-refractivity contribution < 1.29 is 33.4 Å². The van der Waals surface area contributed by atoms with Gasteiger partial charge in [-0.2, -0.15) is 0 Å². The quantitative estimate of drug-likeness (QED) is 0.490. The molecule has 1 rings (SSSR count). The summed E-state index contributed by atoms with van der Waals surface area (Å²) in [4.78, 5) is 47.6. The lowest BCUT2D eigenvalue weighted by atomic mass is 10.2. The molecule has 0 aliphatic carbocycles. The number of nitrogens with one attached hydrogen (secondary N) is 1. The third-order valence-electron chi connectivity index (χ3n) is 2.62. The average Bonchev–Trinajstić information content (AvgIpc) is 2.51. The summed E-state index contributed by atoms with van der Waals surface area (Å²) in [5.41, 5.74) is -0.740. The molecule has 0 radical (unpaired) electrons. The molecule has 8 nitrogen and oxygen atoms in total. The Morgan fingerprint density at radius 2 is 1.64 bits per heavy atom. The van der Waals surface area contributed by atoms with Gasteiger partial charge in [-0.3, -0.25) is 5.32 Å². The molecule has 0 saturated heterocycles. The highest BCUT2D eigenvalue weighted by Gasteiger charge is 2.35. The topological polar surface area (TPSA) is 108 Å². The normalized spacial score (nSPS) is 11.8. The molecule has 0 saturated carbocycles. The van der Waals surface area contributed by atoms with E-state index in [1.54, 1.807) is 45.9 Å². The smallest absolute Gasteiger partial charge is 0.416 e. The molecule has 1 amide bonds. The first-order valence-corrected chi connectivity index (χ1v) is 7.61. The third-order valence-corrected chi connectivity index (χ3v) is 2.62. The molecule has 136 valence electrons. The summed E-state index contributed by atoms with van der Waals surface area (Å²) in [6, 6.07) is 6.04. The second-order valence-corrected chi connectivity index (χ2v) is 5.91. The van der Waals surface area contributed by atoms with Crippen molar-refractivity contribution in [3.8, 4) is 0 Å². The predicted octanol–water partition coefficient (Wildman–Crippen LogP) is 1.83. The van der Waals surface area contributed by atoms with Crippen molar-refractivity contribution in [2.24, 2.45) is 0 Å². The fourth-order valence-electron chi connectivity index (χ4n) is 1.67. The minimum atomic E-state index is -1.74. The van der Waals surface area contributed by atoms with Crippen LogP contribution in [0.5, 0.6) is 0 Å². The summed E-state index contributed by atoms with van der Waals surface area (Å²) < 4.78 is 14.4. The number of carbonyl (C=O) groups excluding carboxylic acids is 4. The first kappa shape index (κ1) is 20.1. The van der Waals surface area contributed by atoms with E-state index in [1.165, 1.54) is 12.1 Å². The minimum Gasteiger partial charge on any atom is -0.464 e. The number of benzene rings is 1. The Hall–Kier alpha value is -2.90. The van der Waals surface area contributed by atoms with Crippen LogP contribution in [0, 0.1) is 0 Å². The Labute approximate surface area is 145 Å². The van der Waals surface area contributed by atoms with Crippen LogP contribution in [0.3, 0.4) is 0 Å². The lowest BCUT2D eigenvalue weighted by molar-refractivity contribution is -0.165. The average molecular weight is 351 g/mol. The van der Waals surface area contributed by atoms with Crippen molar-refractivity contribution in [1.29, 1.82) is 0 Å². The highest BCUT2D eigenvalue weighted by atomic mass is 16.6. The summed E-state index contributed by atoms with van der Waals surface area (Å²) in [6.45, 7) is 6.35. The van der Waals surface area contributed by atoms with Crippen LogP contribution >= 0.6 is 0 Å². The van der Waals surface area contributed by atoms with Gasteiger partial charge in [-0.25, -0.2) is 19.2 Å². The van der Waals surface area contributed by atoms with E-state index in [4.69, 9.17) is 9.47 Å². The zero-order valence-corrected chi connectivity index (χ0v) is 14.5. The fraction of sp³-hybridized carbons (Fsp3) is 0.412. The van der Waals surface area contributed by atoms with E-state index in [2.05, 4.69) is 4.74 Å². The number of ether oxygens (including phenoxy) is 3. The molecule has 1 aromatic carbocycles.